The minimum absolute atomic E-state index is 0.425. The maximum Gasteiger partial charge on any atom is 0.248 e. The highest BCUT2D eigenvalue weighted by Crippen LogP contribution is 2.34. The van der Waals surface area contributed by atoms with Crippen molar-refractivity contribution in [2.45, 2.75) is 65.3 Å². The maximum absolute atomic E-state index is 12.0. The molecule has 2 atom stereocenters. The minimum Gasteiger partial charge on any atom is -0.491 e. The number of anilines is 1. The second kappa shape index (κ2) is 14.6. The summed E-state index contributed by atoms with van der Waals surface area (Å²) < 4.78 is 6.22. The second-order valence-corrected chi connectivity index (χ2v) is 10.8. The van der Waals surface area contributed by atoms with Crippen LogP contribution in [-0.2, 0) is 13.0 Å². The lowest BCUT2D eigenvalue weighted by Gasteiger charge is -2.29. The van der Waals surface area contributed by atoms with Crippen molar-refractivity contribution in [3.8, 4) is 5.75 Å². The molecule has 3 rings (SSSR count). The van der Waals surface area contributed by atoms with Crippen molar-refractivity contribution in [1.82, 2.24) is 0 Å². The fraction of sp³-hybridized carbons (Fsp3) is 0.500. The van der Waals surface area contributed by atoms with Gasteiger partial charge in [-0.25, -0.2) is 0 Å². The zero-order valence-electron chi connectivity index (χ0n) is 21.7. The smallest absolute Gasteiger partial charge is 0.248 e. The molecular formula is C30H41ClN2O2S. The van der Waals surface area contributed by atoms with E-state index in [9.17, 15) is 4.79 Å². The lowest BCUT2D eigenvalue weighted by atomic mass is 9.96. The summed E-state index contributed by atoms with van der Waals surface area (Å²) >= 11 is 10.7. The van der Waals surface area contributed by atoms with E-state index in [2.05, 4.69) is 55.7 Å². The van der Waals surface area contributed by atoms with Crippen molar-refractivity contribution < 1.29 is 9.53 Å². The molecule has 2 N–H and O–H groups in total. The predicted molar refractivity (Wildman–Crippen MR) is 156 cm³/mol. The van der Waals surface area contributed by atoms with Gasteiger partial charge in [-0.2, -0.15) is 12.6 Å². The molecule has 0 saturated carbocycles. The van der Waals surface area contributed by atoms with Gasteiger partial charge in [0.1, 0.15) is 5.75 Å². The number of benzene rings is 2. The minimum atomic E-state index is -0.425. The van der Waals surface area contributed by atoms with Crippen molar-refractivity contribution in [3.63, 3.8) is 0 Å². The number of ether oxygens (including phenoxy) is 1. The summed E-state index contributed by atoms with van der Waals surface area (Å²) in [5.41, 5.74) is 9.64. The molecule has 0 bridgehead atoms. The van der Waals surface area contributed by atoms with Gasteiger partial charge in [-0.15, -0.1) is 0 Å². The number of carbonyl (C=O) groups is 1. The van der Waals surface area contributed by atoms with Crippen LogP contribution in [0.5, 0.6) is 5.75 Å². The van der Waals surface area contributed by atoms with Crippen molar-refractivity contribution in [3.05, 3.63) is 70.3 Å². The highest BCUT2D eigenvalue weighted by Gasteiger charge is 2.19. The third-order valence-corrected chi connectivity index (χ3v) is 7.94. The third kappa shape index (κ3) is 8.48. The van der Waals surface area contributed by atoms with Gasteiger partial charge in [0.05, 0.1) is 12.3 Å². The van der Waals surface area contributed by atoms with Crippen molar-refractivity contribution in [2.24, 2.45) is 17.6 Å². The first-order valence-electron chi connectivity index (χ1n) is 13.3. The molecule has 0 unspecified atom stereocenters. The van der Waals surface area contributed by atoms with Gasteiger partial charge in [0.15, 0.2) is 0 Å². The lowest BCUT2D eigenvalue weighted by molar-refractivity contribution is 0.100. The van der Waals surface area contributed by atoms with Gasteiger partial charge in [0, 0.05) is 23.7 Å². The van der Waals surface area contributed by atoms with Crippen molar-refractivity contribution in [1.29, 1.82) is 0 Å². The Labute approximate surface area is 227 Å². The lowest BCUT2D eigenvalue weighted by Crippen LogP contribution is -2.27. The number of amides is 1. The number of hydrogen-bond donors (Lipinski definition) is 2. The number of halogens is 1. The van der Waals surface area contributed by atoms with Gasteiger partial charge in [-0.1, -0.05) is 50.1 Å². The molecule has 0 aromatic heterocycles. The predicted octanol–water partition coefficient (Wildman–Crippen LogP) is 7.48. The van der Waals surface area contributed by atoms with Crippen molar-refractivity contribution in [2.75, 3.05) is 23.8 Å². The molecule has 2 aromatic carbocycles. The van der Waals surface area contributed by atoms with Gasteiger partial charge < -0.3 is 15.4 Å². The molecule has 0 radical (unpaired) electrons. The van der Waals surface area contributed by atoms with E-state index in [0.29, 0.717) is 24.0 Å². The number of hydrogen-bond acceptors (Lipinski definition) is 4. The largest absolute Gasteiger partial charge is 0.491 e. The number of carbonyl (C=O) groups excluding carboxylic acids is 1. The number of allylic oxidation sites excluding steroid dienone is 2. The van der Waals surface area contributed by atoms with Crippen LogP contribution >= 0.6 is 24.2 Å². The van der Waals surface area contributed by atoms with Crippen LogP contribution in [0.4, 0.5) is 5.69 Å². The zero-order valence-corrected chi connectivity index (χ0v) is 23.4. The molecule has 1 aliphatic rings. The first-order valence-corrected chi connectivity index (χ1v) is 14.3. The van der Waals surface area contributed by atoms with E-state index in [1.165, 1.54) is 11.1 Å². The molecule has 0 fully saturated rings. The Hall–Kier alpha value is -2.11. The number of fused-ring (bicyclic) bond motifs is 2. The van der Waals surface area contributed by atoms with E-state index < -0.39 is 5.91 Å². The van der Waals surface area contributed by atoms with Crippen LogP contribution in [0.3, 0.4) is 0 Å². The molecule has 1 amide bonds. The third-order valence-electron chi connectivity index (χ3n) is 7.08. The summed E-state index contributed by atoms with van der Waals surface area (Å²) in [4.78, 5) is 14.4. The average molecular weight is 529 g/mol. The molecule has 1 aliphatic heterocycles. The molecule has 2 aromatic rings. The summed E-state index contributed by atoms with van der Waals surface area (Å²) in [6.45, 7) is 6.73. The Balaban J connectivity index is 1.88. The van der Waals surface area contributed by atoms with E-state index in [-0.39, 0.29) is 0 Å². The van der Waals surface area contributed by atoms with Gasteiger partial charge in [0.25, 0.3) is 0 Å². The van der Waals surface area contributed by atoms with Crippen LogP contribution in [0, 0.1) is 11.8 Å². The van der Waals surface area contributed by atoms with Crippen molar-refractivity contribution >= 4 is 35.8 Å². The van der Waals surface area contributed by atoms with Crippen LogP contribution in [0.1, 0.15) is 73.9 Å². The Bertz CT molecular complexity index is 1030. The quantitative estimate of drug-likeness (QED) is 0.248. The number of nitrogens with zero attached hydrogens (tertiary/aromatic N) is 1. The molecular weight excluding hydrogens is 488 g/mol. The fourth-order valence-corrected chi connectivity index (χ4v) is 4.97. The molecule has 196 valence electrons. The van der Waals surface area contributed by atoms with Crippen LogP contribution in [0.15, 0.2) is 48.6 Å². The highest BCUT2D eigenvalue weighted by molar-refractivity contribution is 7.80. The molecule has 0 saturated heterocycles. The van der Waals surface area contributed by atoms with Gasteiger partial charge in [-0.3, -0.25) is 4.79 Å². The average Bonchev–Trinajstić information content (AvgIpc) is 2.90. The van der Waals surface area contributed by atoms with Gasteiger partial charge >= 0.3 is 0 Å². The number of rotatable bonds is 10. The first-order chi connectivity index (χ1) is 17.4. The van der Waals surface area contributed by atoms with E-state index >= 15 is 0 Å². The molecule has 4 nitrogen and oxygen atoms in total. The monoisotopic (exact) mass is 528 g/mol. The van der Waals surface area contributed by atoms with E-state index in [0.717, 1.165) is 80.2 Å². The van der Waals surface area contributed by atoms with Crippen LogP contribution in [-0.4, -0.2) is 24.8 Å². The van der Waals surface area contributed by atoms with Gasteiger partial charge in [-0.05, 0) is 97.6 Å². The zero-order chi connectivity index (χ0) is 25.9. The summed E-state index contributed by atoms with van der Waals surface area (Å²) in [5.74, 6) is 2.49. The number of nitrogens with two attached hydrogens (primary N) is 1. The standard InChI is InChI=1S/C30H41ClN2O2S/c1-3-23(9-5-4-8-22(2)21-36)15-16-33-20-26-11-13-27(31)18-24(26)10-6-7-17-35-29-14-12-25(30(32)34)19-28(29)33/h4-5,11-14,18-19,22-23,36H,3,6-10,15-17,20-21H2,1-2H3,(H2,32,34)/b5-4+/t22-,23-/m0/s1. The second-order valence-electron chi connectivity index (χ2n) is 9.98. The van der Waals surface area contributed by atoms with Crippen LogP contribution in [0.2, 0.25) is 5.02 Å². The molecule has 36 heavy (non-hydrogen) atoms. The summed E-state index contributed by atoms with van der Waals surface area (Å²) in [7, 11) is 0. The Morgan fingerprint density at radius 2 is 1.97 bits per heavy atom. The number of aryl methyl sites for hydroxylation is 1. The Morgan fingerprint density at radius 1 is 1.17 bits per heavy atom. The SMILES string of the molecule is CC[C@@H](C/C=C/C[C@H](C)CS)CCN1Cc2ccc(Cl)cc2CCCCOc2ccc(C(N)=O)cc21. The highest BCUT2D eigenvalue weighted by atomic mass is 35.5. The Morgan fingerprint density at radius 3 is 2.72 bits per heavy atom. The molecule has 0 spiro atoms. The Kier molecular flexibility index (Phi) is 11.5. The molecule has 0 aliphatic carbocycles. The summed E-state index contributed by atoms with van der Waals surface area (Å²) in [6, 6.07) is 11.8. The van der Waals surface area contributed by atoms with E-state index in [4.69, 9.17) is 22.1 Å². The van der Waals surface area contributed by atoms with Gasteiger partial charge in [0.2, 0.25) is 5.91 Å². The number of primary amides is 1. The van der Waals surface area contributed by atoms with Crippen LogP contribution < -0.4 is 15.4 Å². The van der Waals surface area contributed by atoms with Crippen LogP contribution in [0.25, 0.3) is 0 Å². The normalized spacial score (nSPS) is 15.9. The number of thiol groups is 1. The molecule has 1 heterocycles. The van der Waals surface area contributed by atoms with E-state index in [1.54, 1.807) is 6.07 Å². The summed E-state index contributed by atoms with van der Waals surface area (Å²) in [5, 5.41) is 0.771. The maximum atomic E-state index is 12.0. The first kappa shape index (κ1) is 28.5. The fourth-order valence-electron chi connectivity index (χ4n) is 4.63. The summed E-state index contributed by atoms with van der Waals surface area (Å²) in [6.07, 6.45) is 11.9. The molecule has 6 heteroatoms. The van der Waals surface area contributed by atoms with E-state index in [1.807, 2.05) is 18.2 Å². The topological polar surface area (TPSA) is 55.6 Å².